The fourth-order valence-electron chi connectivity index (χ4n) is 2.05. The molecule has 1 aliphatic rings. The van der Waals surface area contributed by atoms with Crippen molar-refractivity contribution in [2.24, 2.45) is 4.99 Å². The lowest BCUT2D eigenvalue weighted by Gasteiger charge is -2.22. The number of rotatable bonds is 2. The Hall–Kier alpha value is -0.870. The van der Waals surface area contributed by atoms with E-state index in [4.69, 9.17) is 5.73 Å². The van der Waals surface area contributed by atoms with Gasteiger partial charge in [-0.2, -0.15) is 0 Å². The first-order valence-electron chi connectivity index (χ1n) is 5.91. The van der Waals surface area contributed by atoms with Crippen LogP contribution in [-0.2, 0) is 0 Å². The summed E-state index contributed by atoms with van der Waals surface area (Å²) in [5, 5.41) is 9.41. The second kappa shape index (κ2) is 5.65. The lowest BCUT2D eigenvalue weighted by molar-refractivity contribution is 0.123. The molecule has 0 radical (unpaired) electrons. The van der Waals surface area contributed by atoms with Crippen LogP contribution in [0.4, 0.5) is 5.69 Å². The normalized spacial score (nSPS) is 25.3. The Morgan fingerprint density at radius 3 is 2.71 bits per heavy atom. The van der Waals surface area contributed by atoms with E-state index < -0.39 is 0 Å². The van der Waals surface area contributed by atoms with Crippen LogP contribution in [0.2, 0.25) is 0 Å². The van der Waals surface area contributed by atoms with E-state index in [1.165, 1.54) is 0 Å². The first-order valence-corrected chi connectivity index (χ1v) is 6.70. The van der Waals surface area contributed by atoms with Crippen LogP contribution in [0.25, 0.3) is 0 Å². The fraction of sp³-hybridized carbons (Fsp3) is 0.462. The smallest absolute Gasteiger partial charge is 0.0541 e. The topological polar surface area (TPSA) is 58.6 Å². The van der Waals surface area contributed by atoms with Crippen molar-refractivity contribution in [3.05, 3.63) is 28.2 Å². The Bertz CT molecular complexity index is 412. The Labute approximate surface area is 110 Å². The average Bonchev–Trinajstić information content (AvgIpc) is 2.32. The summed E-state index contributed by atoms with van der Waals surface area (Å²) in [6.07, 6.45) is 5.36. The number of aliphatic hydroxyl groups is 1. The van der Waals surface area contributed by atoms with E-state index in [0.717, 1.165) is 41.4 Å². The molecule has 0 unspecified atom stereocenters. The van der Waals surface area contributed by atoms with Crippen molar-refractivity contribution in [2.45, 2.75) is 37.8 Å². The van der Waals surface area contributed by atoms with Gasteiger partial charge in [0.1, 0.15) is 0 Å². The van der Waals surface area contributed by atoms with Gasteiger partial charge in [0.25, 0.3) is 0 Å². The van der Waals surface area contributed by atoms with Gasteiger partial charge in [0, 0.05) is 21.9 Å². The molecule has 4 heteroatoms. The third kappa shape index (κ3) is 3.54. The number of benzene rings is 1. The largest absolute Gasteiger partial charge is 0.398 e. The Morgan fingerprint density at radius 1 is 1.29 bits per heavy atom. The van der Waals surface area contributed by atoms with Crippen molar-refractivity contribution in [3.63, 3.8) is 0 Å². The monoisotopic (exact) mass is 296 g/mol. The molecule has 3 N–H and O–H groups in total. The molecule has 2 rings (SSSR count). The second-order valence-electron chi connectivity index (χ2n) is 4.51. The van der Waals surface area contributed by atoms with Crippen LogP contribution in [0.3, 0.4) is 0 Å². The van der Waals surface area contributed by atoms with Gasteiger partial charge in [0.15, 0.2) is 0 Å². The summed E-state index contributed by atoms with van der Waals surface area (Å²) in [6.45, 7) is 0. The predicted molar refractivity (Wildman–Crippen MR) is 74.4 cm³/mol. The molecule has 0 amide bonds. The molecule has 1 aromatic carbocycles. The maximum atomic E-state index is 9.41. The van der Waals surface area contributed by atoms with E-state index >= 15 is 0 Å². The highest BCUT2D eigenvalue weighted by Crippen LogP contribution is 2.22. The molecule has 1 aliphatic carbocycles. The molecule has 1 saturated carbocycles. The molecular formula is C13H17BrN2O. The van der Waals surface area contributed by atoms with Gasteiger partial charge in [0.2, 0.25) is 0 Å². The molecule has 0 spiro atoms. The van der Waals surface area contributed by atoms with Crippen LogP contribution in [0.1, 0.15) is 31.2 Å². The molecule has 0 bridgehead atoms. The van der Waals surface area contributed by atoms with Crippen molar-refractivity contribution < 1.29 is 5.11 Å². The van der Waals surface area contributed by atoms with Crippen LogP contribution in [-0.4, -0.2) is 23.5 Å². The Kier molecular flexibility index (Phi) is 4.18. The zero-order chi connectivity index (χ0) is 12.3. The summed E-state index contributed by atoms with van der Waals surface area (Å²) < 4.78 is 1.01. The lowest BCUT2D eigenvalue weighted by atomic mass is 9.93. The zero-order valence-corrected chi connectivity index (χ0v) is 11.2. The first kappa shape index (κ1) is 12.6. The van der Waals surface area contributed by atoms with Crippen LogP contribution < -0.4 is 5.73 Å². The summed E-state index contributed by atoms with van der Waals surface area (Å²) in [5.74, 6) is 0. The van der Waals surface area contributed by atoms with Crippen LogP contribution in [0, 0.1) is 0 Å². The van der Waals surface area contributed by atoms with Crippen LogP contribution in [0.15, 0.2) is 27.7 Å². The summed E-state index contributed by atoms with van der Waals surface area (Å²) in [4.78, 5) is 4.55. The third-order valence-electron chi connectivity index (χ3n) is 3.14. The number of nitrogens with two attached hydrogens (primary N) is 1. The van der Waals surface area contributed by atoms with Gasteiger partial charge >= 0.3 is 0 Å². The summed E-state index contributed by atoms with van der Waals surface area (Å²) in [7, 11) is 0. The van der Waals surface area contributed by atoms with Gasteiger partial charge in [-0.15, -0.1) is 0 Å². The molecule has 0 saturated heterocycles. The summed E-state index contributed by atoms with van der Waals surface area (Å²) >= 11 is 3.42. The molecule has 0 aliphatic heterocycles. The fourth-order valence-corrected chi connectivity index (χ4v) is 2.43. The van der Waals surface area contributed by atoms with Crippen molar-refractivity contribution in [2.75, 3.05) is 5.73 Å². The standard InChI is InChI=1S/C13H17BrN2O/c14-10-1-6-13(15)9(7-10)8-16-11-2-4-12(17)5-3-11/h1,6-8,11-12,17H,2-5,15H2. The number of hydrogen-bond acceptors (Lipinski definition) is 3. The van der Waals surface area contributed by atoms with Gasteiger partial charge in [-0.3, -0.25) is 4.99 Å². The van der Waals surface area contributed by atoms with Crippen molar-refractivity contribution in [1.82, 2.24) is 0 Å². The molecule has 1 fully saturated rings. The van der Waals surface area contributed by atoms with Crippen molar-refractivity contribution >= 4 is 27.8 Å². The van der Waals surface area contributed by atoms with Gasteiger partial charge in [-0.25, -0.2) is 0 Å². The number of anilines is 1. The first-order chi connectivity index (χ1) is 8.15. The Balaban J connectivity index is 2.02. The minimum absolute atomic E-state index is 0.127. The maximum Gasteiger partial charge on any atom is 0.0541 e. The number of hydrogen-bond donors (Lipinski definition) is 2. The molecular weight excluding hydrogens is 280 g/mol. The molecule has 92 valence electrons. The molecule has 3 nitrogen and oxygen atoms in total. The molecule has 1 aromatic rings. The van der Waals surface area contributed by atoms with E-state index in [1.807, 2.05) is 24.4 Å². The predicted octanol–water partition coefficient (Wildman–Crippen LogP) is 2.75. The van der Waals surface area contributed by atoms with Crippen molar-refractivity contribution in [3.8, 4) is 0 Å². The maximum absolute atomic E-state index is 9.41. The SMILES string of the molecule is Nc1ccc(Br)cc1C=NC1CCC(O)CC1. The number of aliphatic imine (C=N–C) groups is 1. The van der Waals surface area contributed by atoms with Crippen molar-refractivity contribution in [1.29, 1.82) is 0 Å². The van der Waals surface area contributed by atoms with Gasteiger partial charge in [-0.05, 0) is 43.9 Å². The highest BCUT2D eigenvalue weighted by Gasteiger charge is 2.17. The summed E-state index contributed by atoms with van der Waals surface area (Å²) in [5.41, 5.74) is 7.57. The minimum atomic E-state index is -0.127. The lowest BCUT2D eigenvalue weighted by Crippen LogP contribution is -2.20. The van der Waals surface area contributed by atoms with Gasteiger partial charge in [-0.1, -0.05) is 15.9 Å². The number of halogens is 1. The van der Waals surface area contributed by atoms with E-state index in [9.17, 15) is 5.11 Å². The summed E-state index contributed by atoms with van der Waals surface area (Å²) in [6, 6.07) is 6.09. The molecule has 0 atom stereocenters. The number of nitrogen functional groups attached to an aromatic ring is 1. The zero-order valence-electron chi connectivity index (χ0n) is 9.64. The highest BCUT2D eigenvalue weighted by atomic mass is 79.9. The Morgan fingerprint density at radius 2 is 2.00 bits per heavy atom. The molecule has 17 heavy (non-hydrogen) atoms. The third-order valence-corrected chi connectivity index (χ3v) is 3.63. The van der Waals surface area contributed by atoms with E-state index in [0.29, 0.717) is 6.04 Å². The van der Waals surface area contributed by atoms with E-state index in [-0.39, 0.29) is 6.10 Å². The average molecular weight is 297 g/mol. The molecule has 0 heterocycles. The van der Waals surface area contributed by atoms with E-state index in [2.05, 4.69) is 20.9 Å². The minimum Gasteiger partial charge on any atom is -0.398 e. The number of aliphatic hydroxyl groups excluding tert-OH is 1. The van der Waals surface area contributed by atoms with E-state index in [1.54, 1.807) is 0 Å². The van der Waals surface area contributed by atoms with Crippen LogP contribution >= 0.6 is 15.9 Å². The second-order valence-corrected chi connectivity index (χ2v) is 5.43. The number of nitrogens with zero attached hydrogens (tertiary/aromatic N) is 1. The highest BCUT2D eigenvalue weighted by molar-refractivity contribution is 9.10. The van der Waals surface area contributed by atoms with Gasteiger partial charge < -0.3 is 10.8 Å². The quantitative estimate of drug-likeness (QED) is 0.651. The molecule has 0 aromatic heterocycles. The van der Waals surface area contributed by atoms with Crippen LogP contribution in [0.5, 0.6) is 0 Å². The van der Waals surface area contributed by atoms with Gasteiger partial charge in [0.05, 0.1) is 12.1 Å².